The third kappa shape index (κ3) is 2.58. The topological polar surface area (TPSA) is 73.1 Å². The van der Waals surface area contributed by atoms with Crippen LogP contribution in [0.5, 0.6) is 0 Å². The molecule has 0 spiro atoms. The Balaban J connectivity index is 2.46. The van der Waals surface area contributed by atoms with Gasteiger partial charge in [-0.1, -0.05) is 6.92 Å². The molecule has 0 radical (unpaired) electrons. The highest BCUT2D eigenvalue weighted by molar-refractivity contribution is 5.46. The smallest absolute Gasteiger partial charge is 0.162 e. The van der Waals surface area contributed by atoms with Crippen molar-refractivity contribution in [1.82, 2.24) is 9.97 Å². The van der Waals surface area contributed by atoms with E-state index < -0.39 is 0 Å². The molecule has 5 heteroatoms. The summed E-state index contributed by atoms with van der Waals surface area (Å²) < 4.78 is 6.01. The molecule has 3 N–H and O–H groups in total. The van der Waals surface area contributed by atoms with E-state index in [1.807, 2.05) is 13.8 Å². The Hall–Kier alpha value is -1.20. The number of rotatable bonds is 5. The van der Waals surface area contributed by atoms with Crippen LogP contribution in [0.15, 0.2) is 0 Å². The predicted octanol–water partition coefficient (Wildman–Crippen LogP) is 2.44. The Morgan fingerprint density at radius 2 is 1.95 bits per heavy atom. The minimum absolute atomic E-state index is 0.308. The van der Waals surface area contributed by atoms with Crippen molar-refractivity contribution in [2.45, 2.75) is 58.5 Å². The van der Waals surface area contributed by atoms with E-state index in [9.17, 15) is 0 Å². The largest absolute Gasteiger partial charge is 0.367 e. The standard InChI is InChI=1S/C14H24N4O/c1-4-11-10(3)16-13(17-12(11)18-15)14(19-5-2)8-6-7-9-14/h4-9,15H2,1-3H3,(H,16,17,18). The summed E-state index contributed by atoms with van der Waals surface area (Å²) >= 11 is 0. The number of hydrogen-bond donors (Lipinski definition) is 2. The molecule has 1 heterocycles. The summed E-state index contributed by atoms with van der Waals surface area (Å²) in [7, 11) is 0. The van der Waals surface area contributed by atoms with Crippen molar-refractivity contribution in [2.75, 3.05) is 12.0 Å². The maximum atomic E-state index is 6.01. The minimum Gasteiger partial charge on any atom is -0.367 e. The number of hydrogen-bond acceptors (Lipinski definition) is 5. The summed E-state index contributed by atoms with van der Waals surface area (Å²) in [4.78, 5) is 9.32. The first-order valence-corrected chi connectivity index (χ1v) is 7.15. The maximum absolute atomic E-state index is 6.01. The summed E-state index contributed by atoms with van der Waals surface area (Å²) in [6.07, 6.45) is 5.20. The molecule has 0 unspecified atom stereocenters. The quantitative estimate of drug-likeness (QED) is 0.631. The predicted molar refractivity (Wildman–Crippen MR) is 75.7 cm³/mol. The van der Waals surface area contributed by atoms with Crippen LogP contribution < -0.4 is 11.3 Å². The molecular weight excluding hydrogens is 240 g/mol. The molecular formula is C14H24N4O. The molecule has 0 amide bonds. The van der Waals surface area contributed by atoms with Gasteiger partial charge in [0.1, 0.15) is 11.4 Å². The molecule has 19 heavy (non-hydrogen) atoms. The number of nitrogens with one attached hydrogen (secondary N) is 1. The van der Waals surface area contributed by atoms with Crippen LogP contribution in [0, 0.1) is 6.92 Å². The molecule has 1 aromatic heterocycles. The van der Waals surface area contributed by atoms with E-state index in [0.717, 1.165) is 42.2 Å². The van der Waals surface area contributed by atoms with Crippen LogP contribution in [-0.4, -0.2) is 16.6 Å². The second kappa shape index (κ2) is 5.84. The molecule has 2 rings (SSSR count). The molecule has 0 saturated heterocycles. The summed E-state index contributed by atoms with van der Waals surface area (Å²) in [5, 5.41) is 0. The number of nitrogen functional groups attached to an aromatic ring is 1. The number of nitrogens with two attached hydrogens (primary N) is 1. The first-order chi connectivity index (χ1) is 9.16. The minimum atomic E-state index is -0.308. The van der Waals surface area contributed by atoms with E-state index in [1.54, 1.807) is 0 Å². The molecule has 0 aliphatic heterocycles. The van der Waals surface area contributed by atoms with Crippen LogP contribution in [-0.2, 0) is 16.8 Å². The molecule has 1 aromatic rings. The third-order valence-electron chi connectivity index (χ3n) is 3.94. The lowest BCUT2D eigenvalue weighted by Crippen LogP contribution is -2.30. The van der Waals surface area contributed by atoms with Crippen molar-refractivity contribution in [3.8, 4) is 0 Å². The van der Waals surface area contributed by atoms with E-state index >= 15 is 0 Å². The van der Waals surface area contributed by atoms with Crippen molar-refractivity contribution < 1.29 is 4.74 Å². The van der Waals surface area contributed by atoms with Gasteiger partial charge in [-0.3, -0.25) is 0 Å². The van der Waals surface area contributed by atoms with Gasteiger partial charge in [-0.15, -0.1) is 0 Å². The Morgan fingerprint density at radius 3 is 2.47 bits per heavy atom. The van der Waals surface area contributed by atoms with Gasteiger partial charge in [-0.2, -0.15) is 0 Å². The van der Waals surface area contributed by atoms with Crippen molar-refractivity contribution in [2.24, 2.45) is 5.84 Å². The molecule has 0 bridgehead atoms. The fourth-order valence-corrected chi connectivity index (χ4v) is 3.00. The third-order valence-corrected chi connectivity index (χ3v) is 3.94. The fourth-order valence-electron chi connectivity index (χ4n) is 3.00. The average molecular weight is 264 g/mol. The number of aromatic nitrogens is 2. The van der Waals surface area contributed by atoms with Gasteiger partial charge < -0.3 is 10.2 Å². The number of ether oxygens (including phenoxy) is 1. The lowest BCUT2D eigenvalue weighted by atomic mass is 10.00. The Morgan fingerprint density at radius 1 is 1.26 bits per heavy atom. The number of aryl methyl sites for hydroxylation is 1. The van der Waals surface area contributed by atoms with Crippen molar-refractivity contribution in [3.05, 3.63) is 17.1 Å². The number of hydrazine groups is 1. The second-order valence-corrected chi connectivity index (χ2v) is 5.09. The highest BCUT2D eigenvalue weighted by Gasteiger charge is 2.39. The van der Waals surface area contributed by atoms with Gasteiger partial charge in [0.05, 0.1) is 0 Å². The van der Waals surface area contributed by atoms with Gasteiger partial charge in [-0.05, 0) is 46.0 Å². The zero-order chi connectivity index (χ0) is 13.9. The number of anilines is 1. The fraction of sp³-hybridized carbons (Fsp3) is 0.714. The molecule has 106 valence electrons. The molecule has 5 nitrogen and oxygen atoms in total. The van der Waals surface area contributed by atoms with Gasteiger partial charge >= 0.3 is 0 Å². The van der Waals surface area contributed by atoms with E-state index in [-0.39, 0.29) is 5.60 Å². The molecule has 1 saturated carbocycles. The highest BCUT2D eigenvalue weighted by atomic mass is 16.5. The van der Waals surface area contributed by atoms with Gasteiger partial charge in [0, 0.05) is 17.9 Å². The Kier molecular flexibility index (Phi) is 4.37. The van der Waals surface area contributed by atoms with Crippen LogP contribution in [0.25, 0.3) is 0 Å². The molecule has 1 aliphatic carbocycles. The lowest BCUT2D eigenvalue weighted by Gasteiger charge is -2.28. The van der Waals surface area contributed by atoms with Gasteiger partial charge in [0.15, 0.2) is 5.82 Å². The lowest BCUT2D eigenvalue weighted by molar-refractivity contribution is -0.0457. The van der Waals surface area contributed by atoms with Gasteiger partial charge in [0.25, 0.3) is 0 Å². The van der Waals surface area contributed by atoms with Crippen molar-refractivity contribution in [1.29, 1.82) is 0 Å². The molecule has 1 fully saturated rings. The van der Waals surface area contributed by atoms with Crippen LogP contribution >= 0.6 is 0 Å². The summed E-state index contributed by atoms with van der Waals surface area (Å²) in [5.74, 6) is 7.12. The maximum Gasteiger partial charge on any atom is 0.162 e. The Labute approximate surface area is 114 Å². The first kappa shape index (κ1) is 14.2. The van der Waals surface area contributed by atoms with Crippen molar-refractivity contribution >= 4 is 5.82 Å². The second-order valence-electron chi connectivity index (χ2n) is 5.09. The summed E-state index contributed by atoms with van der Waals surface area (Å²) in [6, 6.07) is 0. The van der Waals surface area contributed by atoms with E-state index in [2.05, 4.69) is 17.3 Å². The van der Waals surface area contributed by atoms with Crippen LogP contribution in [0.3, 0.4) is 0 Å². The molecule has 0 atom stereocenters. The SMILES string of the molecule is CCOC1(c2nc(C)c(CC)c(NN)n2)CCCC1. The zero-order valence-corrected chi connectivity index (χ0v) is 12.1. The summed E-state index contributed by atoms with van der Waals surface area (Å²) in [5.41, 5.74) is 4.47. The van der Waals surface area contributed by atoms with E-state index in [1.165, 1.54) is 12.8 Å². The van der Waals surface area contributed by atoms with Gasteiger partial charge in [0.2, 0.25) is 0 Å². The van der Waals surface area contributed by atoms with Gasteiger partial charge in [-0.25, -0.2) is 15.8 Å². The van der Waals surface area contributed by atoms with Crippen molar-refractivity contribution in [3.63, 3.8) is 0 Å². The normalized spacial score (nSPS) is 17.7. The molecule has 0 aromatic carbocycles. The van der Waals surface area contributed by atoms with E-state index in [4.69, 9.17) is 15.6 Å². The van der Waals surface area contributed by atoms with Crippen LogP contribution in [0.2, 0.25) is 0 Å². The van der Waals surface area contributed by atoms with Crippen LogP contribution in [0.1, 0.15) is 56.6 Å². The van der Waals surface area contributed by atoms with Crippen LogP contribution in [0.4, 0.5) is 5.82 Å². The monoisotopic (exact) mass is 264 g/mol. The van der Waals surface area contributed by atoms with E-state index in [0.29, 0.717) is 6.61 Å². The average Bonchev–Trinajstić information content (AvgIpc) is 2.88. The zero-order valence-electron chi connectivity index (χ0n) is 12.1. The molecule has 1 aliphatic rings. The first-order valence-electron chi connectivity index (χ1n) is 7.15. The highest BCUT2D eigenvalue weighted by Crippen LogP contribution is 2.41. The number of nitrogens with zero attached hydrogens (tertiary/aromatic N) is 2. The Bertz CT molecular complexity index is 441. The summed E-state index contributed by atoms with van der Waals surface area (Å²) in [6.45, 7) is 6.80.